The van der Waals surface area contributed by atoms with Crippen LogP contribution in [0.2, 0.25) is 0 Å². The highest BCUT2D eigenvalue weighted by atomic mass is 16.4. The molecule has 1 heterocycles. The van der Waals surface area contributed by atoms with Crippen molar-refractivity contribution in [1.82, 2.24) is 4.57 Å². The Bertz CT molecular complexity index is 882. The van der Waals surface area contributed by atoms with Gasteiger partial charge in [0, 0.05) is 11.9 Å². The first-order chi connectivity index (χ1) is 10.7. The Labute approximate surface area is 127 Å². The maximum atomic E-state index is 12.5. The van der Waals surface area contributed by atoms with Gasteiger partial charge in [-0.3, -0.25) is 4.79 Å². The average Bonchev–Trinajstić information content (AvgIpc) is 2.54. The summed E-state index contributed by atoms with van der Waals surface area (Å²) in [5, 5.41) is 12.5. The monoisotopic (exact) mass is 292 g/mol. The van der Waals surface area contributed by atoms with Crippen LogP contribution in [-0.4, -0.2) is 10.5 Å². The van der Waals surface area contributed by atoms with Gasteiger partial charge in [-0.1, -0.05) is 48.5 Å². The number of pyridine rings is 1. The number of rotatable bonds is 4. The first-order valence-corrected chi connectivity index (χ1v) is 7.04. The Morgan fingerprint density at radius 3 is 2.41 bits per heavy atom. The maximum Gasteiger partial charge on any atom is 0.258 e. The van der Waals surface area contributed by atoms with Gasteiger partial charge in [0.2, 0.25) is 0 Å². The molecule has 0 aliphatic carbocycles. The van der Waals surface area contributed by atoms with Crippen molar-refractivity contribution in [2.45, 2.75) is 13.0 Å². The number of benzene rings is 2. The van der Waals surface area contributed by atoms with Crippen LogP contribution in [-0.2, 0) is 13.0 Å². The van der Waals surface area contributed by atoms with Gasteiger partial charge in [0.1, 0.15) is 0 Å². The predicted octanol–water partition coefficient (Wildman–Crippen LogP) is 1.61. The topological polar surface area (TPSA) is 62.1 Å². The first-order valence-electron chi connectivity index (χ1n) is 7.04. The van der Waals surface area contributed by atoms with E-state index in [0.717, 1.165) is 5.56 Å². The van der Waals surface area contributed by atoms with E-state index in [0.29, 0.717) is 23.7 Å². The number of carbonyl (C=O) groups excluding carboxylic acids is 1. The van der Waals surface area contributed by atoms with Crippen LogP contribution in [0, 0.1) is 0 Å². The second-order valence-electron chi connectivity index (χ2n) is 5.10. The van der Waals surface area contributed by atoms with Crippen LogP contribution in [0.5, 0.6) is 0 Å². The zero-order valence-electron chi connectivity index (χ0n) is 11.9. The summed E-state index contributed by atoms with van der Waals surface area (Å²) in [6.07, 6.45) is 0.583. The van der Waals surface area contributed by atoms with Crippen molar-refractivity contribution in [2.75, 3.05) is 0 Å². The summed E-state index contributed by atoms with van der Waals surface area (Å²) in [7, 11) is 0. The zero-order chi connectivity index (χ0) is 15.5. The van der Waals surface area contributed by atoms with E-state index in [1.807, 2.05) is 30.3 Å². The number of aromatic carboxylic acids is 1. The minimum absolute atomic E-state index is 0.0837. The molecule has 0 aliphatic rings. The maximum absolute atomic E-state index is 12.5. The number of carboxylic acid groups (broad SMARTS) is 1. The molecule has 0 spiro atoms. The van der Waals surface area contributed by atoms with Gasteiger partial charge in [0.25, 0.3) is 5.56 Å². The van der Waals surface area contributed by atoms with Crippen LogP contribution in [0.3, 0.4) is 0 Å². The van der Waals surface area contributed by atoms with Gasteiger partial charge in [-0.15, -0.1) is 0 Å². The van der Waals surface area contributed by atoms with Crippen molar-refractivity contribution in [1.29, 1.82) is 0 Å². The molecule has 4 nitrogen and oxygen atoms in total. The fourth-order valence-electron chi connectivity index (χ4n) is 2.57. The third-order valence-electron chi connectivity index (χ3n) is 3.70. The summed E-state index contributed by atoms with van der Waals surface area (Å²) < 4.78 is 1.28. The third kappa shape index (κ3) is 2.63. The largest absolute Gasteiger partial charge is 0.543 e. The van der Waals surface area contributed by atoms with Crippen LogP contribution in [0.15, 0.2) is 65.5 Å². The molecule has 0 saturated heterocycles. The normalized spacial score (nSPS) is 10.7. The Balaban J connectivity index is 2.07. The summed E-state index contributed by atoms with van der Waals surface area (Å²) in [6.45, 7) is 0.303. The number of carbonyl (C=O) groups is 1. The van der Waals surface area contributed by atoms with Crippen molar-refractivity contribution >= 4 is 16.7 Å². The van der Waals surface area contributed by atoms with Crippen LogP contribution in [0.1, 0.15) is 16.1 Å². The molecule has 0 saturated carbocycles. The summed E-state index contributed by atoms with van der Waals surface area (Å²) >= 11 is 0. The van der Waals surface area contributed by atoms with Crippen molar-refractivity contribution in [3.8, 4) is 0 Å². The number of hydrogen-bond donors (Lipinski definition) is 0. The minimum Gasteiger partial charge on any atom is -0.543 e. The molecule has 0 fully saturated rings. The Morgan fingerprint density at radius 2 is 1.68 bits per heavy atom. The van der Waals surface area contributed by atoms with Crippen molar-refractivity contribution in [2.24, 2.45) is 0 Å². The lowest BCUT2D eigenvalue weighted by molar-refractivity contribution is -0.255. The van der Waals surface area contributed by atoms with E-state index in [9.17, 15) is 14.7 Å². The molecule has 110 valence electrons. The highest BCUT2D eigenvalue weighted by Gasteiger charge is 2.09. The molecular formula is C18H14NO3-. The molecule has 22 heavy (non-hydrogen) atoms. The van der Waals surface area contributed by atoms with Crippen LogP contribution >= 0.6 is 0 Å². The second kappa shape index (κ2) is 5.85. The van der Waals surface area contributed by atoms with Gasteiger partial charge in [-0.05, 0) is 29.5 Å². The molecular weight excluding hydrogens is 278 g/mol. The molecule has 3 aromatic rings. The van der Waals surface area contributed by atoms with Gasteiger partial charge in [0.15, 0.2) is 0 Å². The van der Waals surface area contributed by atoms with Gasteiger partial charge in [-0.2, -0.15) is 0 Å². The number of fused-ring (bicyclic) bond motifs is 1. The number of aromatic nitrogens is 1. The lowest BCUT2D eigenvalue weighted by Crippen LogP contribution is -2.33. The fourth-order valence-corrected chi connectivity index (χ4v) is 2.57. The molecule has 0 bridgehead atoms. The molecule has 4 heteroatoms. The van der Waals surface area contributed by atoms with Crippen molar-refractivity contribution in [3.05, 3.63) is 82.3 Å². The molecule has 0 unspecified atom stereocenters. The number of aryl methyl sites for hydroxylation is 1. The molecule has 0 aliphatic heterocycles. The van der Waals surface area contributed by atoms with Gasteiger partial charge >= 0.3 is 0 Å². The lowest BCUT2D eigenvalue weighted by Gasteiger charge is -2.15. The van der Waals surface area contributed by atoms with E-state index in [-0.39, 0.29) is 11.3 Å². The van der Waals surface area contributed by atoms with Gasteiger partial charge < -0.3 is 14.5 Å². The smallest absolute Gasteiger partial charge is 0.258 e. The molecule has 1 aromatic heterocycles. The van der Waals surface area contributed by atoms with E-state index in [4.69, 9.17) is 0 Å². The highest BCUT2D eigenvalue weighted by Crippen LogP contribution is 2.12. The van der Waals surface area contributed by atoms with E-state index in [1.165, 1.54) is 10.6 Å². The summed E-state index contributed by atoms with van der Waals surface area (Å²) in [5.74, 6) is -1.34. The van der Waals surface area contributed by atoms with Crippen molar-refractivity contribution < 1.29 is 9.90 Å². The zero-order valence-corrected chi connectivity index (χ0v) is 11.9. The first kappa shape index (κ1) is 14.1. The number of hydrogen-bond acceptors (Lipinski definition) is 3. The molecule has 0 atom stereocenters. The highest BCUT2D eigenvalue weighted by molar-refractivity contribution is 5.91. The van der Waals surface area contributed by atoms with E-state index in [2.05, 4.69) is 0 Å². The molecule has 2 aromatic carbocycles. The van der Waals surface area contributed by atoms with E-state index < -0.39 is 5.97 Å². The lowest BCUT2D eigenvalue weighted by atomic mass is 10.1. The van der Waals surface area contributed by atoms with E-state index >= 15 is 0 Å². The van der Waals surface area contributed by atoms with Crippen molar-refractivity contribution in [3.63, 3.8) is 0 Å². The summed E-state index contributed by atoms with van der Waals surface area (Å²) in [5.41, 5.74) is 0.666. The second-order valence-corrected chi connectivity index (χ2v) is 5.10. The fraction of sp³-hybridized carbons (Fsp3) is 0.111. The van der Waals surface area contributed by atoms with Gasteiger partial charge in [0.05, 0.1) is 11.7 Å². The molecule has 0 radical (unpaired) electrons. The Morgan fingerprint density at radius 1 is 1.00 bits per heavy atom. The number of carboxylic acids is 1. The number of nitrogens with zero attached hydrogens (tertiary/aromatic N) is 1. The van der Waals surface area contributed by atoms with Crippen LogP contribution in [0.25, 0.3) is 10.8 Å². The Hall–Kier alpha value is -2.88. The third-order valence-corrected chi connectivity index (χ3v) is 3.70. The van der Waals surface area contributed by atoms with Crippen LogP contribution in [0.4, 0.5) is 0 Å². The van der Waals surface area contributed by atoms with E-state index in [1.54, 1.807) is 24.3 Å². The molecule has 0 N–H and O–H groups in total. The summed E-state index contributed by atoms with van der Waals surface area (Å²) in [4.78, 5) is 23.9. The Kier molecular flexibility index (Phi) is 3.74. The van der Waals surface area contributed by atoms with Crippen LogP contribution < -0.4 is 10.7 Å². The predicted molar refractivity (Wildman–Crippen MR) is 82.7 cm³/mol. The average molecular weight is 292 g/mol. The minimum atomic E-state index is -1.34. The molecule has 3 rings (SSSR count). The quantitative estimate of drug-likeness (QED) is 0.734. The summed E-state index contributed by atoms with van der Waals surface area (Å²) in [6, 6.07) is 18.1. The standard InChI is InChI=1S/C18H15NO3/c20-17-15-9-5-4-8-14(15)12-16(18(21)22)19(17)11-10-13-6-2-1-3-7-13/h1-9,12H,10-11H2,(H,21,22)/p-1. The molecule has 0 amide bonds. The van der Waals surface area contributed by atoms with Gasteiger partial charge in [-0.25, -0.2) is 0 Å². The SMILES string of the molecule is O=C([O-])c1cc2ccccc2c(=O)n1CCc1ccccc1.